The summed E-state index contributed by atoms with van der Waals surface area (Å²) in [5.41, 5.74) is 1.00. The average Bonchev–Trinajstić information content (AvgIpc) is 3.36. The molecular weight excluding hydrogens is 398 g/mol. The highest BCUT2D eigenvalue weighted by Crippen LogP contribution is 2.24. The van der Waals surface area contributed by atoms with Gasteiger partial charge in [0.05, 0.1) is 24.9 Å². The molecule has 2 heterocycles. The highest BCUT2D eigenvalue weighted by molar-refractivity contribution is 5.92. The lowest BCUT2D eigenvalue weighted by atomic mass is 10.1. The Kier molecular flexibility index (Phi) is 7.17. The number of carbonyl (C=O) groups is 2. The number of esters is 1. The standard InChI is InChI=1S/C24H27NO6/c26-23(25-12-15-28-16-13-25)22(18-5-2-1-3-6-18)31-24(27)19-8-10-20(11-9-19)30-17-21-7-4-14-29-21/h1-3,5-6,8-11,21-22H,4,7,12-17H2/t21-,22-/m1/s1. The molecule has 4 rings (SSSR count). The monoisotopic (exact) mass is 425 g/mol. The van der Waals surface area contributed by atoms with E-state index in [0.717, 1.165) is 19.4 Å². The number of hydrogen-bond acceptors (Lipinski definition) is 6. The van der Waals surface area contributed by atoms with Gasteiger partial charge in [0.15, 0.2) is 0 Å². The molecule has 2 saturated heterocycles. The topological polar surface area (TPSA) is 74.3 Å². The van der Waals surface area contributed by atoms with Gasteiger partial charge in [-0.1, -0.05) is 30.3 Å². The van der Waals surface area contributed by atoms with E-state index in [-0.39, 0.29) is 12.0 Å². The van der Waals surface area contributed by atoms with Crippen LogP contribution >= 0.6 is 0 Å². The van der Waals surface area contributed by atoms with Crippen molar-refractivity contribution >= 4 is 11.9 Å². The predicted molar refractivity (Wildman–Crippen MR) is 113 cm³/mol. The summed E-state index contributed by atoms with van der Waals surface area (Å²) in [7, 11) is 0. The second-order valence-electron chi connectivity index (χ2n) is 7.60. The minimum atomic E-state index is -0.998. The third-order valence-electron chi connectivity index (χ3n) is 5.42. The molecule has 0 saturated carbocycles. The van der Waals surface area contributed by atoms with Gasteiger partial charge in [-0.15, -0.1) is 0 Å². The molecule has 7 heteroatoms. The van der Waals surface area contributed by atoms with E-state index in [1.807, 2.05) is 18.2 Å². The van der Waals surface area contributed by atoms with Crippen LogP contribution in [0.3, 0.4) is 0 Å². The molecule has 2 aromatic rings. The first kappa shape index (κ1) is 21.3. The van der Waals surface area contributed by atoms with Crippen molar-refractivity contribution in [3.63, 3.8) is 0 Å². The smallest absolute Gasteiger partial charge is 0.339 e. The van der Waals surface area contributed by atoms with Crippen LogP contribution in [0.5, 0.6) is 5.75 Å². The second kappa shape index (κ2) is 10.4. The number of ether oxygens (including phenoxy) is 4. The summed E-state index contributed by atoms with van der Waals surface area (Å²) in [6, 6.07) is 15.8. The van der Waals surface area contributed by atoms with Gasteiger partial charge in [-0.25, -0.2) is 4.79 Å². The fourth-order valence-electron chi connectivity index (χ4n) is 3.67. The fraction of sp³-hybridized carbons (Fsp3) is 0.417. The van der Waals surface area contributed by atoms with Crippen LogP contribution in [0.25, 0.3) is 0 Å². The van der Waals surface area contributed by atoms with Crippen LogP contribution in [-0.2, 0) is 19.0 Å². The quantitative estimate of drug-likeness (QED) is 0.635. The van der Waals surface area contributed by atoms with E-state index in [0.29, 0.717) is 49.8 Å². The number of nitrogens with zero attached hydrogens (tertiary/aromatic N) is 1. The van der Waals surface area contributed by atoms with E-state index < -0.39 is 12.1 Å². The third-order valence-corrected chi connectivity index (χ3v) is 5.42. The van der Waals surface area contributed by atoms with Gasteiger partial charge in [0, 0.05) is 25.3 Å². The van der Waals surface area contributed by atoms with E-state index >= 15 is 0 Å². The maximum absolute atomic E-state index is 13.1. The third kappa shape index (κ3) is 5.62. The average molecular weight is 425 g/mol. The first-order valence-corrected chi connectivity index (χ1v) is 10.7. The molecule has 0 aromatic heterocycles. The van der Waals surface area contributed by atoms with Crippen LogP contribution in [0, 0.1) is 0 Å². The van der Waals surface area contributed by atoms with Gasteiger partial charge in [0.25, 0.3) is 5.91 Å². The van der Waals surface area contributed by atoms with Gasteiger partial charge < -0.3 is 23.8 Å². The minimum absolute atomic E-state index is 0.127. The molecule has 31 heavy (non-hydrogen) atoms. The summed E-state index contributed by atoms with van der Waals surface area (Å²) < 4.78 is 22.3. The highest BCUT2D eigenvalue weighted by atomic mass is 16.6. The summed E-state index contributed by atoms with van der Waals surface area (Å²) in [4.78, 5) is 27.6. The van der Waals surface area contributed by atoms with E-state index in [9.17, 15) is 9.59 Å². The molecule has 2 atom stereocenters. The summed E-state index contributed by atoms with van der Waals surface area (Å²) in [5, 5.41) is 0. The molecule has 0 radical (unpaired) electrons. The Labute approximate surface area is 181 Å². The van der Waals surface area contributed by atoms with Crippen molar-refractivity contribution < 1.29 is 28.5 Å². The van der Waals surface area contributed by atoms with Gasteiger partial charge in [0.1, 0.15) is 12.4 Å². The number of amides is 1. The van der Waals surface area contributed by atoms with Gasteiger partial charge in [-0.2, -0.15) is 0 Å². The summed E-state index contributed by atoms with van der Waals surface area (Å²) in [6.45, 7) is 3.20. The van der Waals surface area contributed by atoms with Gasteiger partial charge >= 0.3 is 5.97 Å². The Bertz CT molecular complexity index is 857. The van der Waals surface area contributed by atoms with Crippen molar-refractivity contribution in [2.24, 2.45) is 0 Å². The Morgan fingerprint density at radius 1 is 1.00 bits per heavy atom. The maximum Gasteiger partial charge on any atom is 0.339 e. The molecule has 0 spiro atoms. The first-order chi connectivity index (χ1) is 15.2. The van der Waals surface area contributed by atoms with Crippen molar-refractivity contribution in [1.29, 1.82) is 0 Å². The Morgan fingerprint density at radius 2 is 1.74 bits per heavy atom. The lowest BCUT2D eigenvalue weighted by molar-refractivity contribution is -0.145. The Hall–Kier alpha value is -2.90. The Balaban J connectivity index is 1.42. The van der Waals surface area contributed by atoms with Gasteiger partial charge in [-0.05, 0) is 37.1 Å². The number of hydrogen-bond donors (Lipinski definition) is 0. The molecule has 2 aromatic carbocycles. The van der Waals surface area contributed by atoms with Crippen molar-refractivity contribution in [2.45, 2.75) is 25.0 Å². The fourth-order valence-corrected chi connectivity index (χ4v) is 3.67. The van der Waals surface area contributed by atoms with Crippen LogP contribution in [-0.4, -0.2) is 62.4 Å². The number of benzene rings is 2. The normalized spacial score (nSPS) is 19.6. The van der Waals surface area contributed by atoms with E-state index in [4.69, 9.17) is 18.9 Å². The molecule has 2 aliphatic heterocycles. The van der Waals surface area contributed by atoms with Crippen molar-refractivity contribution in [3.05, 3.63) is 65.7 Å². The zero-order valence-electron chi connectivity index (χ0n) is 17.4. The highest BCUT2D eigenvalue weighted by Gasteiger charge is 2.30. The molecule has 0 bridgehead atoms. The van der Waals surface area contributed by atoms with E-state index in [1.54, 1.807) is 41.3 Å². The van der Waals surface area contributed by atoms with Crippen LogP contribution in [0.4, 0.5) is 0 Å². The molecule has 0 N–H and O–H groups in total. The van der Waals surface area contributed by atoms with Crippen LogP contribution in [0.1, 0.15) is 34.9 Å². The lowest BCUT2D eigenvalue weighted by Crippen LogP contribution is -2.44. The first-order valence-electron chi connectivity index (χ1n) is 10.7. The summed E-state index contributed by atoms with van der Waals surface area (Å²) in [5.74, 6) is -0.128. The van der Waals surface area contributed by atoms with Crippen molar-refractivity contribution in [1.82, 2.24) is 4.90 Å². The molecule has 0 unspecified atom stereocenters. The Morgan fingerprint density at radius 3 is 2.42 bits per heavy atom. The predicted octanol–water partition coefficient (Wildman–Crippen LogP) is 3.00. The summed E-state index contributed by atoms with van der Waals surface area (Å²) >= 11 is 0. The SMILES string of the molecule is O=C(O[C@@H](C(=O)N1CCOCC1)c1ccccc1)c1ccc(OC[C@H]2CCCO2)cc1. The molecule has 2 fully saturated rings. The molecule has 164 valence electrons. The van der Waals surface area contributed by atoms with Crippen LogP contribution < -0.4 is 4.74 Å². The number of carbonyl (C=O) groups excluding carboxylic acids is 2. The minimum Gasteiger partial charge on any atom is -0.491 e. The summed E-state index contributed by atoms with van der Waals surface area (Å²) in [6.07, 6.45) is 1.19. The van der Waals surface area contributed by atoms with Crippen LogP contribution in [0.15, 0.2) is 54.6 Å². The largest absolute Gasteiger partial charge is 0.491 e. The maximum atomic E-state index is 13.1. The zero-order valence-corrected chi connectivity index (χ0v) is 17.4. The van der Waals surface area contributed by atoms with Crippen LogP contribution in [0.2, 0.25) is 0 Å². The molecule has 2 aliphatic rings. The van der Waals surface area contributed by atoms with E-state index in [2.05, 4.69) is 0 Å². The molecular formula is C24H27NO6. The van der Waals surface area contributed by atoms with E-state index in [1.165, 1.54) is 0 Å². The lowest BCUT2D eigenvalue weighted by Gasteiger charge is -2.30. The van der Waals surface area contributed by atoms with Gasteiger partial charge in [-0.3, -0.25) is 4.79 Å². The van der Waals surface area contributed by atoms with Crippen molar-refractivity contribution in [2.75, 3.05) is 39.5 Å². The van der Waals surface area contributed by atoms with Crippen molar-refractivity contribution in [3.8, 4) is 5.75 Å². The molecule has 7 nitrogen and oxygen atoms in total. The molecule has 1 amide bonds. The van der Waals surface area contributed by atoms with Gasteiger partial charge in [0.2, 0.25) is 6.10 Å². The zero-order chi connectivity index (χ0) is 21.5. The second-order valence-corrected chi connectivity index (χ2v) is 7.60. The number of morpholine rings is 1. The number of rotatable bonds is 7. The molecule has 0 aliphatic carbocycles.